The summed E-state index contributed by atoms with van der Waals surface area (Å²) in [7, 11) is 0. The van der Waals surface area contributed by atoms with Gasteiger partial charge in [-0.15, -0.1) is 13.2 Å². The van der Waals surface area contributed by atoms with Crippen molar-refractivity contribution in [2.24, 2.45) is 0 Å². The molecule has 2 N–H and O–H groups in total. The lowest BCUT2D eigenvalue weighted by atomic mass is 10.2. The summed E-state index contributed by atoms with van der Waals surface area (Å²) in [5.74, 6) is -1.23. The third-order valence-electron chi connectivity index (χ3n) is 2.96. The predicted octanol–water partition coefficient (Wildman–Crippen LogP) is 3.45. The van der Waals surface area contributed by atoms with Crippen LogP contribution in [0.4, 0.5) is 23.2 Å². The Morgan fingerprint density at radius 1 is 1.04 bits per heavy atom. The molecular weight excluding hydrogens is 328 g/mol. The van der Waals surface area contributed by atoms with Crippen LogP contribution in [0.5, 0.6) is 5.75 Å². The van der Waals surface area contributed by atoms with Crippen molar-refractivity contribution >= 4 is 11.6 Å². The van der Waals surface area contributed by atoms with Crippen molar-refractivity contribution in [3.8, 4) is 5.75 Å². The molecule has 0 heterocycles. The number of hydrogen-bond donors (Lipinski definition) is 2. The average molecular weight is 342 g/mol. The summed E-state index contributed by atoms with van der Waals surface area (Å²) in [4.78, 5) is 11.7. The number of alkyl halides is 3. The number of nitrogens with one attached hydrogen (secondary N) is 2. The molecular formula is C16H14F4N2O2. The van der Waals surface area contributed by atoms with Crippen molar-refractivity contribution in [1.82, 2.24) is 5.32 Å². The van der Waals surface area contributed by atoms with Gasteiger partial charge in [0.2, 0.25) is 5.91 Å². The number of benzene rings is 2. The minimum Gasteiger partial charge on any atom is -0.404 e. The highest BCUT2D eigenvalue weighted by Crippen LogP contribution is 2.29. The Hall–Kier alpha value is -2.77. The molecule has 1 amide bonds. The smallest absolute Gasteiger partial charge is 0.404 e. The number of hydrogen-bond acceptors (Lipinski definition) is 3. The van der Waals surface area contributed by atoms with Crippen LogP contribution in [0.15, 0.2) is 48.5 Å². The third-order valence-corrected chi connectivity index (χ3v) is 2.96. The first-order chi connectivity index (χ1) is 11.3. The lowest BCUT2D eigenvalue weighted by molar-refractivity contribution is -0.274. The van der Waals surface area contributed by atoms with Crippen LogP contribution in [-0.2, 0) is 11.3 Å². The maximum absolute atomic E-state index is 12.8. The lowest BCUT2D eigenvalue weighted by Crippen LogP contribution is -2.29. The van der Waals surface area contributed by atoms with Crippen LogP contribution in [0.3, 0.4) is 0 Å². The van der Waals surface area contributed by atoms with Crippen molar-refractivity contribution in [3.05, 3.63) is 59.9 Å². The van der Waals surface area contributed by atoms with E-state index in [9.17, 15) is 22.4 Å². The summed E-state index contributed by atoms with van der Waals surface area (Å²) in [6.07, 6.45) is -4.82. The molecule has 0 saturated carbocycles. The number of para-hydroxylation sites is 2. The fraction of sp³-hybridized carbons (Fsp3) is 0.188. The van der Waals surface area contributed by atoms with Crippen LogP contribution in [0, 0.1) is 5.82 Å². The normalized spacial score (nSPS) is 11.0. The molecule has 2 aromatic carbocycles. The number of halogens is 4. The van der Waals surface area contributed by atoms with Gasteiger partial charge in [0.25, 0.3) is 0 Å². The summed E-state index contributed by atoms with van der Waals surface area (Å²) in [5.41, 5.74) is 0.748. The van der Waals surface area contributed by atoms with E-state index >= 15 is 0 Å². The second-order valence-electron chi connectivity index (χ2n) is 4.80. The zero-order valence-electron chi connectivity index (χ0n) is 12.4. The quantitative estimate of drug-likeness (QED) is 0.791. The van der Waals surface area contributed by atoms with E-state index in [1.54, 1.807) is 0 Å². The number of ether oxygens (including phenoxy) is 1. The molecule has 0 aliphatic heterocycles. The van der Waals surface area contributed by atoms with Crippen molar-refractivity contribution in [1.29, 1.82) is 0 Å². The van der Waals surface area contributed by atoms with E-state index in [0.717, 1.165) is 6.07 Å². The van der Waals surface area contributed by atoms with Gasteiger partial charge in [-0.1, -0.05) is 24.3 Å². The van der Waals surface area contributed by atoms with Gasteiger partial charge in [0.05, 0.1) is 12.2 Å². The number of anilines is 1. The number of amides is 1. The molecule has 0 bridgehead atoms. The average Bonchev–Trinajstić information content (AvgIpc) is 2.52. The maximum atomic E-state index is 12.8. The summed E-state index contributed by atoms with van der Waals surface area (Å²) in [6.45, 7) is -0.0546. The van der Waals surface area contributed by atoms with Crippen molar-refractivity contribution in [3.63, 3.8) is 0 Å². The number of carbonyl (C=O) groups excluding carboxylic acids is 1. The first-order valence-electron chi connectivity index (χ1n) is 6.93. The molecule has 8 heteroatoms. The van der Waals surface area contributed by atoms with E-state index in [4.69, 9.17) is 0 Å². The van der Waals surface area contributed by atoms with Crippen LogP contribution in [0.2, 0.25) is 0 Å². The van der Waals surface area contributed by atoms with Crippen LogP contribution in [0.25, 0.3) is 0 Å². The highest BCUT2D eigenvalue weighted by Gasteiger charge is 2.32. The molecule has 0 aliphatic rings. The van der Waals surface area contributed by atoms with Gasteiger partial charge in [-0.05, 0) is 29.8 Å². The Bertz CT molecular complexity index is 687. The fourth-order valence-electron chi connectivity index (χ4n) is 1.87. The standard InChI is InChI=1S/C16H14F4N2O2/c17-12-7-5-11(6-8-12)9-22-15(23)10-21-13-3-1-2-4-14(13)24-16(18,19)20/h1-8,21H,9-10H2,(H,22,23). The molecule has 2 rings (SSSR count). The summed E-state index contributed by atoms with van der Waals surface area (Å²) < 4.78 is 53.5. The minimum atomic E-state index is -4.82. The van der Waals surface area contributed by atoms with Gasteiger partial charge < -0.3 is 15.4 Å². The Kier molecular flexibility index (Phi) is 5.62. The van der Waals surface area contributed by atoms with E-state index in [0.29, 0.717) is 5.56 Å². The van der Waals surface area contributed by atoms with Gasteiger partial charge in [0.1, 0.15) is 5.82 Å². The van der Waals surface area contributed by atoms with Crippen molar-refractivity contribution in [2.45, 2.75) is 12.9 Å². The second-order valence-corrected chi connectivity index (χ2v) is 4.80. The zero-order valence-corrected chi connectivity index (χ0v) is 12.4. The van der Waals surface area contributed by atoms with Crippen molar-refractivity contribution in [2.75, 3.05) is 11.9 Å². The van der Waals surface area contributed by atoms with Crippen LogP contribution in [-0.4, -0.2) is 18.8 Å². The third kappa shape index (κ3) is 5.79. The fourth-order valence-corrected chi connectivity index (χ4v) is 1.87. The van der Waals surface area contributed by atoms with Gasteiger partial charge >= 0.3 is 6.36 Å². The molecule has 0 aliphatic carbocycles. The Balaban J connectivity index is 1.86. The summed E-state index contributed by atoms with van der Waals surface area (Å²) in [6, 6.07) is 11.0. The highest BCUT2D eigenvalue weighted by atomic mass is 19.4. The lowest BCUT2D eigenvalue weighted by Gasteiger charge is -2.14. The van der Waals surface area contributed by atoms with Crippen molar-refractivity contribution < 1.29 is 27.1 Å². The largest absolute Gasteiger partial charge is 0.573 e. The second kappa shape index (κ2) is 7.67. The predicted molar refractivity (Wildman–Crippen MR) is 79.9 cm³/mol. The monoisotopic (exact) mass is 342 g/mol. The van der Waals surface area contributed by atoms with Gasteiger partial charge in [0.15, 0.2) is 5.75 Å². The van der Waals surface area contributed by atoms with Gasteiger partial charge in [-0.3, -0.25) is 4.79 Å². The molecule has 4 nitrogen and oxygen atoms in total. The topological polar surface area (TPSA) is 50.4 Å². The Labute approximate surface area is 135 Å². The SMILES string of the molecule is O=C(CNc1ccccc1OC(F)(F)F)NCc1ccc(F)cc1. The van der Waals surface area contributed by atoms with E-state index in [1.807, 2.05) is 0 Å². The first-order valence-corrected chi connectivity index (χ1v) is 6.93. The van der Waals surface area contributed by atoms with Crippen LogP contribution < -0.4 is 15.4 Å². The van der Waals surface area contributed by atoms with Gasteiger partial charge in [-0.2, -0.15) is 0 Å². The molecule has 0 radical (unpaired) electrons. The molecule has 0 fully saturated rings. The Morgan fingerprint density at radius 3 is 2.38 bits per heavy atom. The van der Waals surface area contributed by atoms with Gasteiger partial charge in [0, 0.05) is 6.54 Å². The molecule has 0 atom stereocenters. The molecule has 0 unspecified atom stereocenters. The minimum absolute atomic E-state index is 0.0479. The first kappa shape index (κ1) is 17.6. The maximum Gasteiger partial charge on any atom is 0.573 e. The molecule has 24 heavy (non-hydrogen) atoms. The summed E-state index contributed by atoms with van der Waals surface area (Å²) in [5, 5.41) is 5.15. The van der Waals surface area contributed by atoms with Crippen LogP contribution >= 0.6 is 0 Å². The van der Waals surface area contributed by atoms with E-state index in [-0.39, 0.29) is 24.6 Å². The van der Waals surface area contributed by atoms with E-state index in [2.05, 4.69) is 15.4 Å². The molecule has 0 spiro atoms. The number of rotatable bonds is 6. The van der Waals surface area contributed by atoms with E-state index in [1.165, 1.54) is 42.5 Å². The zero-order chi connectivity index (χ0) is 17.6. The molecule has 0 saturated heterocycles. The number of carbonyl (C=O) groups is 1. The molecule has 2 aromatic rings. The highest BCUT2D eigenvalue weighted by molar-refractivity contribution is 5.81. The van der Waals surface area contributed by atoms with Gasteiger partial charge in [-0.25, -0.2) is 4.39 Å². The molecule has 128 valence electrons. The van der Waals surface area contributed by atoms with Crippen LogP contribution in [0.1, 0.15) is 5.56 Å². The Morgan fingerprint density at radius 2 is 1.71 bits per heavy atom. The summed E-state index contributed by atoms with van der Waals surface area (Å²) >= 11 is 0. The van der Waals surface area contributed by atoms with E-state index < -0.39 is 18.0 Å². The molecule has 0 aromatic heterocycles.